The number of rotatable bonds is 10. The minimum absolute atomic E-state index is 0.00612. The van der Waals surface area contributed by atoms with E-state index in [9.17, 15) is 8.42 Å². The molecule has 1 aromatic heterocycles. The number of ether oxygens (including phenoxy) is 1. The fraction of sp³-hybridized carbons (Fsp3) is 0.400. The van der Waals surface area contributed by atoms with Crippen molar-refractivity contribution >= 4 is 33.2 Å². The Kier molecular flexibility index (Phi) is 8.39. The van der Waals surface area contributed by atoms with Crippen LogP contribution in [0.1, 0.15) is 36.0 Å². The van der Waals surface area contributed by atoms with Crippen molar-refractivity contribution in [2.24, 2.45) is 7.05 Å². The van der Waals surface area contributed by atoms with Gasteiger partial charge in [-0.15, -0.1) is 0 Å². The van der Waals surface area contributed by atoms with Gasteiger partial charge in [0.25, 0.3) is 10.0 Å². The summed E-state index contributed by atoms with van der Waals surface area (Å²) in [7, 11) is -1.94. The number of likely N-dealkylation sites (N-methyl/N-ethyl adjacent to an activating group) is 1. The van der Waals surface area contributed by atoms with Crippen molar-refractivity contribution in [3.05, 3.63) is 75.7 Å². The van der Waals surface area contributed by atoms with Gasteiger partial charge in [0, 0.05) is 31.7 Å². The lowest BCUT2D eigenvalue weighted by atomic mass is 9.76. The van der Waals surface area contributed by atoms with Crippen LogP contribution in [0, 0.1) is 0 Å². The van der Waals surface area contributed by atoms with Gasteiger partial charge in [-0.3, -0.25) is 0 Å². The molecule has 1 aliphatic carbocycles. The molecule has 0 spiro atoms. The number of aryl methyl sites for hydroxylation is 2. The van der Waals surface area contributed by atoms with Crippen LogP contribution >= 0.6 is 23.2 Å². The fourth-order valence-corrected chi connectivity index (χ4v) is 5.90. The highest BCUT2D eigenvalue weighted by Gasteiger charge is 2.30. The van der Waals surface area contributed by atoms with Gasteiger partial charge in [0.1, 0.15) is 12.4 Å². The van der Waals surface area contributed by atoms with E-state index in [1.165, 1.54) is 23.7 Å². The molecule has 2 atom stereocenters. The van der Waals surface area contributed by atoms with Crippen LogP contribution in [-0.2, 0) is 29.9 Å². The van der Waals surface area contributed by atoms with E-state index in [-0.39, 0.29) is 24.1 Å². The van der Waals surface area contributed by atoms with E-state index in [0.29, 0.717) is 16.1 Å². The van der Waals surface area contributed by atoms with Crippen LogP contribution < -0.4 is 14.8 Å². The molecule has 188 valence electrons. The summed E-state index contributed by atoms with van der Waals surface area (Å²) in [6.45, 7) is 3.36. The minimum atomic E-state index is -3.66. The standard InChI is InChI=1S/C25H30Cl2N4O3S/c1-3-28-24-9-6-18-5-7-19(34-11-10-30-35(32,33)25-15-31(2)16-29-25)14-20(18)21(24)12-17-4-8-22(26)23(27)13-17/h4-5,7-8,13-16,21,24,28,30H,3,6,9-12H2,1-2H3. The Balaban J connectivity index is 1.46. The van der Waals surface area contributed by atoms with Gasteiger partial charge in [-0.2, -0.15) is 0 Å². The third kappa shape index (κ3) is 6.37. The molecule has 0 bridgehead atoms. The first-order valence-electron chi connectivity index (χ1n) is 11.7. The number of hydrogen-bond donors (Lipinski definition) is 2. The third-order valence-electron chi connectivity index (χ3n) is 6.25. The van der Waals surface area contributed by atoms with Crippen LogP contribution in [0.2, 0.25) is 10.0 Å². The zero-order valence-corrected chi connectivity index (χ0v) is 22.1. The lowest BCUT2D eigenvalue weighted by molar-refractivity contribution is 0.320. The highest BCUT2D eigenvalue weighted by molar-refractivity contribution is 7.89. The first kappa shape index (κ1) is 26.0. The van der Waals surface area contributed by atoms with Gasteiger partial charge < -0.3 is 14.6 Å². The van der Waals surface area contributed by atoms with Crippen LogP contribution in [-0.4, -0.2) is 43.7 Å². The van der Waals surface area contributed by atoms with Gasteiger partial charge >= 0.3 is 0 Å². The summed E-state index contributed by atoms with van der Waals surface area (Å²) in [5.74, 6) is 0.972. The van der Waals surface area contributed by atoms with Crippen molar-refractivity contribution in [3.63, 3.8) is 0 Å². The van der Waals surface area contributed by atoms with Gasteiger partial charge in [0.05, 0.1) is 16.4 Å². The molecular weight excluding hydrogens is 507 g/mol. The summed E-state index contributed by atoms with van der Waals surface area (Å²) >= 11 is 12.4. The molecule has 0 fully saturated rings. The number of fused-ring (bicyclic) bond motifs is 1. The SMILES string of the molecule is CCNC1CCc2ccc(OCCNS(=O)(=O)c3cn(C)cn3)cc2C1Cc1ccc(Cl)c(Cl)c1. The Hall–Kier alpha value is -2.10. The van der Waals surface area contributed by atoms with Crippen molar-refractivity contribution in [1.82, 2.24) is 19.6 Å². The Morgan fingerprint density at radius 1 is 1.17 bits per heavy atom. The molecule has 2 unspecified atom stereocenters. The predicted molar refractivity (Wildman–Crippen MR) is 139 cm³/mol. The van der Waals surface area contributed by atoms with Gasteiger partial charge in [-0.25, -0.2) is 18.1 Å². The second-order valence-corrected chi connectivity index (χ2v) is 11.3. The number of halogens is 2. The van der Waals surface area contributed by atoms with Gasteiger partial charge in [-0.05, 0) is 66.8 Å². The molecule has 3 aromatic rings. The van der Waals surface area contributed by atoms with Gasteiger partial charge in [-0.1, -0.05) is 42.3 Å². The number of hydrogen-bond acceptors (Lipinski definition) is 5. The third-order valence-corrected chi connectivity index (χ3v) is 8.34. The lowest BCUT2D eigenvalue weighted by Crippen LogP contribution is -2.39. The van der Waals surface area contributed by atoms with Crippen molar-refractivity contribution in [2.45, 2.75) is 43.2 Å². The van der Waals surface area contributed by atoms with Crippen LogP contribution in [0.25, 0.3) is 0 Å². The molecule has 0 aliphatic heterocycles. The summed E-state index contributed by atoms with van der Waals surface area (Å²) in [4.78, 5) is 3.90. The smallest absolute Gasteiger partial charge is 0.259 e. The van der Waals surface area contributed by atoms with Gasteiger partial charge in [0.15, 0.2) is 5.03 Å². The van der Waals surface area contributed by atoms with E-state index >= 15 is 0 Å². The van der Waals surface area contributed by atoms with Gasteiger partial charge in [0.2, 0.25) is 0 Å². The predicted octanol–water partition coefficient (Wildman–Crippen LogP) is 4.33. The molecule has 35 heavy (non-hydrogen) atoms. The molecule has 1 heterocycles. The summed E-state index contributed by atoms with van der Waals surface area (Å²) in [5, 5.41) is 4.75. The highest BCUT2D eigenvalue weighted by atomic mass is 35.5. The lowest BCUT2D eigenvalue weighted by Gasteiger charge is -2.35. The maximum atomic E-state index is 12.3. The molecular formula is C25H30Cl2N4O3S. The molecule has 1 aliphatic rings. The average Bonchev–Trinajstić information content (AvgIpc) is 3.28. The molecule has 7 nitrogen and oxygen atoms in total. The topological polar surface area (TPSA) is 85.3 Å². The summed E-state index contributed by atoms with van der Waals surface area (Å²) in [5.41, 5.74) is 3.70. The van der Waals surface area contributed by atoms with Crippen LogP contribution in [0.15, 0.2) is 53.9 Å². The van der Waals surface area contributed by atoms with E-state index in [0.717, 1.165) is 37.1 Å². The van der Waals surface area contributed by atoms with Crippen LogP contribution in [0.5, 0.6) is 5.75 Å². The van der Waals surface area contributed by atoms with Crippen molar-refractivity contribution in [3.8, 4) is 5.75 Å². The van der Waals surface area contributed by atoms with E-state index in [2.05, 4.69) is 34.1 Å². The Labute approximate surface area is 216 Å². The molecule has 0 radical (unpaired) electrons. The minimum Gasteiger partial charge on any atom is -0.492 e. The molecule has 2 N–H and O–H groups in total. The first-order chi connectivity index (χ1) is 16.8. The van der Waals surface area contributed by atoms with E-state index in [1.54, 1.807) is 11.6 Å². The monoisotopic (exact) mass is 536 g/mol. The van der Waals surface area contributed by atoms with Crippen LogP contribution in [0.3, 0.4) is 0 Å². The maximum absolute atomic E-state index is 12.3. The number of imidazole rings is 1. The molecule has 4 rings (SSSR count). The van der Waals surface area contributed by atoms with Crippen molar-refractivity contribution < 1.29 is 13.2 Å². The Morgan fingerprint density at radius 3 is 2.71 bits per heavy atom. The number of nitrogens with zero attached hydrogens (tertiary/aromatic N) is 2. The molecule has 2 aromatic carbocycles. The zero-order chi connectivity index (χ0) is 25.0. The molecule has 0 saturated carbocycles. The van der Waals surface area contributed by atoms with E-state index in [4.69, 9.17) is 27.9 Å². The van der Waals surface area contributed by atoms with Crippen molar-refractivity contribution in [2.75, 3.05) is 19.7 Å². The van der Waals surface area contributed by atoms with Crippen LogP contribution in [0.4, 0.5) is 0 Å². The number of nitrogens with one attached hydrogen (secondary N) is 2. The number of benzene rings is 2. The second kappa shape index (κ2) is 11.3. The average molecular weight is 538 g/mol. The summed E-state index contributed by atoms with van der Waals surface area (Å²) < 4.78 is 34.7. The molecule has 0 saturated heterocycles. The second-order valence-electron chi connectivity index (χ2n) is 8.75. The number of sulfonamides is 1. The first-order valence-corrected chi connectivity index (χ1v) is 13.9. The van der Waals surface area contributed by atoms with Crippen molar-refractivity contribution in [1.29, 1.82) is 0 Å². The normalized spacial score (nSPS) is 17.8. The molecule has 10 heteroatoms. The fourth-order valence-electron chi connectivity index (χ4n) is 4.59. The number of aromatic nitrogens is 2. The summed E-state index contributed by atoms with van der Waals surface area (Å²) in [6, 6.07) is 12.3. The maximum Gasteiger partial charge on any atom is 0.259 e. The molecule has 0 amide bonds. The van der Waals surface area contributed by atoms with E-state index < -0.39 is 10.0 Å². The Bertz CT molecular complexity index is 1280. The highest BCUT2D eigenvalue weighted by Crippen LogP contribution is 2.37. The largest absolute Gasteiger partial charge is 0.492 e. The Morgan fingerprint density at radius 2 is 2.00 bits per heavy atom. The quantitative estimate of drug-likeness (QED) is 0.376. The summed E-state index contributed by atoms with van der Waals surface area (Å²) in [6.07, 6.45) is 5.79. The zero-order valence-electron chi connectivity index (χ0n) is 19.8. The van der Waals surface area contributed by atoms with E-state index in [1.807, 2.05) is 24.3 Å².